The summed E-state index contributed by atoms with van der Waals surface area (Å²) < 4.78 is 9.74. The highest BCUT2D eigenvalue weighted by Gasteiger charge is 2.19. The highest BCUT2D eigenvalue weighted by molar-refractivity contribution is 5.88. The zero-order valence-corrected chi connectivity index (χ0v) is 7.29. The molecule has 3 nitrogen and oxygen atoms in total. The molecule has 0 spiro atoms. The molecule has 1 heterocycles. The van der Waals surface area contributed by atoms with Crippen molar-refractivity contribution in [3.8, 4) is 11.8 Å². The van der Waals surface area contributed by atoms with Crippen LogP contribution >= 0.6 is 0 Å². The number of esters is 1. The van der Waals surface area contributed by atoms with E-state index in [1.54, 1.807) is 0 Å². The first-order valence-electron chi connectivity index (χ1n) is 3.97. The van der Waals surface area contributed by atoms with Crippen molar-refractivity contribution in [1.29, 1.82) is 0 Å². The molecule has 1 aliphatic rings. The van der Waals surface area contributed by atoms with Crippen LogP contribution in [-0.2, 0) is 14.3 Å². The Balaban J connectivity index is 2.39. The number of rotatable bonds is 0. The molecule has 0 aromatic rings. The number of hydrogen-bond acceptors (Lipinski definition) is 3. The van der Waals surface area contributed by atoms with Crippen molar-refractivity contribution in [3.63, 3.8) is 0 Å². The van der Waals surface area contributed by atoms with Crippen molar-refractivity contribution in [3.05, 3.63) is 0 Å². The maximum absolute atomic E-state index is 10.6. The molecule has 0 aromatic heterocycles. The summed E-state index contributed by atoms with van der Waals surface area (Å²) in [6.07, 6.45) is 2.10. The Morgan fingerprint density at radius 2 is 2.33 bits per heavy atom. The van der Waals surface area contributed by atoms with E-state index in [4.69, 9.17) is 4.74 Å². The molecule has 0 radical (unpaired) electrons. The van der Waals surface area contributed by atoms with Crippen molar-refractivity contribution in [2.75, 3.05) is 7.11 Å². The van der Waals surface area contributed by atoms with Crippen LogP contribution in [0.4, 0.5) is 0 Å². The van der Waals surface area contributed by atoms with Crippen LogP contribution in [0, 0.1) is 11.8 Å². The first-order chi connectivity index (χ1) is 5.72. The minimum absolute atomic E-state index is 0.0842. The van der Waals surface area contributed by atoms with Crippen LogP contribution < -0.4 is 0 Å². The Hall–Kier alpha value is -1.01. The maximum Gasteiger partial charge on any atom is 0.384 e. The summed E-state index contributed by atoms with van der Waals surface area (Å²) in [5.41, 5.74) is 0. The maximum atomic E-state index is 10.6. The molecule has 66 valence electrons. The van der Waals surface area contributed by atoms with Gasteiger partial charge >= 0.3 is 5.97 Å². The zero-order valence-electron chi connectivity index (χ0n) is 7.29. The lowest BCUT2D eigenvalue weighted by Gasteiger charge is -2.01. The number of hydrogen-bond donors (Lipinski definition) is 0. The summed E-state index contributed by atoms with van der Waals surface area (Å²) in [5.74, 6) is 4.57. The predicted molar refractivity (Wildman–Crippen MR) is 43.4 cm³/mol. The Morgan fingerprint density at radius 1 is 1.58 bits per heavy atom. The summed E-state index contributed by atoms with van der Waals surface area (Å²) >= 11 is 0. The average molecular weight is 168 g/mol. The number of methoxy groups -OCH3 is 1. The molecule has 2 unspecified atom stereocenters. The van der Waals surface area contributed by atoms with E-state index in [2.05, 4.69) is 16.6 Å². The Morgan fingerprint density at radius 3 is 2.83 bits per heavy atom. The van der Waals surface area contributed by atoms with Gasteiger partial charge in [-0.25, -0.2) is 4.79 Å². The molecule has 2 atom stereocenters. The van der Waals surface area contributed by atoms with E-state index in [-0.39, 0.29) is 12.2 Å². The quantitative estimate of drug-likeness (QED) is 0.304. The van der Waals surface area contributed by atoms with Gasteiger partial charge in [0, 0.05) is 5.92 Å². The second-order valence-corrected chi connectivity index (χ2v) is 2.77. The molecule has 0 aliphatic carbocycles. The van der Waals surface area contributed by atoms with E-state index >= 15 is 0 Å². The van der Waals surface area contributed by atoms with Crippen LogP contribution in [0.15, 0.2) is 0 Å². The predicted octanol–water partition coefficient (Wildman–Crippen LogP) is 0.730. The molecule has 0 amide bonds. The van der Waals surface area contributed by atoms with Gasteiger partial charge in [0.15, 0.2) is 0 Å². The molecular formula is C9H12O3. The van der Waals surface area contributed by atoms with Gasteiger partial charge in [0.25, 0.3) is 0 Å². The summed E-state index contributed by atoms with van der Waals surface area (Å²) in [4.78, 5) is 10.6. The highest BCUT2D eigenvalue weighted by atomic mass is 16.5. The summed E-state index contributed by atoms with van der Waals surface area (Å²) in [5, 5.41) is 0. The third-order valence-corrected chi connectivity index (χ3v) is 1.75. The normalized spacial score (nSPS) is 27.5. The van der Waals surface area contributed by atoms with Gasteiger partial charge in [-0.15, -0.1) is 0 Å². The summed E-state index contributed by atoms with van der Waals surface area (Å²) in [6.45, 7) is 2.00. The molecule has 0 saturated carbocycles. The van der Waals surface area contributed by atoms with Crippen molar-refractivity contribution in [2.24, 2.45) is 0 Å². The fourth-order valence-corrected chi connectivity index (χ4v) is 1.10. The Kier molecular flexibility index (Phi) is 3.12. The number of carbonyl (C=O) groups excluding carboxylic acids is 1. The second kappa shape index (κ2) is 4.13. The largest absolute Gasteiger partial charge is 0.459 e. The SMILES string of the molecule is COC(=O)C#CC1CCC(C)O1. The van der Waals surface area contributed by atoms with E-state index in [0.717, 1.165) is 12.8 Å². The lowest BCUT2D eigenvalue weighted by Crippen LogP contribution is -2.06. The van der Waals surface area contributed by atoms with Crippen LogP contribution in [0.25, 0.3) is 0 Å². The minimum atomic E-state index is -0.502. The molecule has 0 bridgehead atoms. The third-order valence-electron chi connectivity index (χ3n) is 1.75. The van der Waals surface area contributed by atoms with Crippen molar-refractivity contribution in [2.45, 2.75) is 32.0 Å². The number of carbonyl (C=O) groups is 1. The smallest absolute Gasteiger partial charge is 0.384 e. The van der Waals surface area contributed by atoms with Crippen molar-refractivity contribution in [1.82, 2.24) is 0 Å². The molecule has 1 fully saturated rings. The van der Waals surface area contributed by atoms with E-state index in [0.29, 0.717) is 0 Å². The van der Waals surface area contributed by atoms with Gasteiger partial charge in [-0.3, -0.25) is 0 Å². The first-order valence-corrected chi connectivity index (χ1v) is 3.97. The van der Waals surface area contributed by atoms with Crippen LogP contribution in [0.2, 0.25) is 0 Å². The van der Waals surface area contributed by atoms with Crippen LogP contribution in [-0.4, -0.2) is 25.3 Å². The standard InChI is InChI=1S/C9H12O3/c1-7-3-4-8(12-7)5-6-9(10)11-2/h7-8H,3-4H2,1-2H3. The fraction of sp³-hybridized carbons (Fsp3) is 0.667. The second-order valence-electron chi connectivity index (χ2n) is 2.77. The van der Waals surface area contributed by atoms with Gasteiger partial charge < -0.3 is 9.47 Å². The third kappa shape index (κ3) is 2.55. The van der Waals surface area contributed by atoms with Gasteiger partial charge in [-0.1, -0.05) is 5.92 Å². The summed E-state index contributed by atoms with van der Waals surface area (Å²) in [7, 11) is 1.31. The van der Waals surface area contributed by atoms with Gasteiger partial charge in [0.2, 0.25) is 0 Å². The average Bonchev–Trinajstić information content (AvgIpc) is 2.47. The highest BCUT2D eigenvalue weighted by Crippen LogP contribution is 2.17. The molecule has 1 rings (SSSR count). The molecule has 1 saturated heterocycles. The first kappa shape index (κ1) is 9.08. The van der Waals surface area contributed by atoms with E-state index in [9.17, 15) is 4.79 Å². The molecule has 1 aliphatic heterocycles. The molecule has 0 N–H and O–H groups in total. The molecule has 12 heavy (non-hydrogen) atoms. The minimum Gasteiger partial charge on any atom is -0.459 e. The van der Waals surface area contributed by atoms with Gasteiger partial charge in [0.1, 0.15) is 6.10 Å². The van der Waals surface area contributed by atoms with Gasteiger partial charge in [-0.05, 0) is 19.8 Å². The van der Waals surface area contributed by atoms with E-state index < -0.39 is 5.97 Å². The fourth-order valence-electron chi connectivity index (χ4n) is 1.10. The van der Waals surface area contributed by atoms with Crippen molar-refractivity contribution < 1.29 is 14.3 Å². The van der Waals surface area contributed by atoms with E-state index in [1.165, 1.54) is 7.11 Å². The molecule has 0 aromatic carbocycles. The molecular weight excluding hydrogens is 156 g/mol. The van der Waals surface area contributed by atoms with Crippen molar-refractivity contribution >= 4 is 5.97 Å². The van der Waals surface area contributed by atoms with Gasteiger partial charge in [-0.2, -0.15) is 0 Å². The lowest BCUT2D eigenvalue weighted by molar-refractivity contribution is -0.133. The zero-order chi connectivity index (χ0) is 8.97. The number of ether oxygens (including phenoxy) is 2. The lowest BCUT2D eigenvalue weighted by atomic mass is 10.2. The van der Waals surface area contributed by atoms with Crippen LogP contribution in [0.5, 0.6) is 0 Å². The Labute approximate surface area is 72.0 Å². The van der Waals surface area contributed by atoms with Crippen LogP contribution in [0.3, 0.4) is 0 Å². The van der Waals surface area contributed by atoms with Crippen LogP contribution in [0.1, 0.15) is 19.8 Å². The van der Waals surface area contributed by atoms with Gasteiger partial charge in [0.05, 0.1) is 13.2 Å². The Bertz CT molecular complexity index is 224. The summed E-state index contributed by atoms with van der Waals surface area (Å²) in [6, 6.07) is 0. The molecule has 3 heteroatoms. The van der Waals surface area contributed by atoms with E-state index in [1.807, 2.05) is 6.92 Å². The topological polar surface area (TPSA) is 35.5 Å². The monoisotopic (exact) mass is 168 g/mol.